The third-order valence-corrected chi connectivity index (χ3v) is 3.61. The summed E-state index contributed by atoms with van der Waals surface area (Å²) >= 11 is 0. The molecule has 0 aliphatic rings. The maximum atomic E-state index is 12.2. The van der Waals surface area contributed by atoms with Gasteiger partial charge < -0.3 is 20.1 Å². The molecule has 124 valence electrons. The summed E-state index contributed by atoms with van der Waals surface area (Å²) in [6.45, 7) is 1.72. The van der Waals surface area contributed by atoms with Gasteiger partial charge in [-0.25, -0.2) is 4.79 Å². The third-order valence-electron chi connectivity index (χ3n) is 3.61. The van der Waals surface area contributed by atoms with Crippen LogP contribution in [-0.2, 0) is 15.1 Å². The van der Waals surface area contributed by atoms with Gasteiger partial charge in [-0.2, -0.15) is 4.79 Å². The molecule has 0 radical (unpaired) electrons. The molecule has 1 unspecified atom stereocenters. The quantitative estimate of drug-likeness (QED) is 0.381. The van der Waals surface area contributed by atoms with Crippen molar-refractivity contribution < 1.29 is 24.2 Å². The zero-order valence-electron chi connectivity index (χ0n) is 13.5. The Bertz CT molecular complexity index is 752. The summed E-state index contributed by atoms with van der Waals surface area (Å²) in [5.41, 5.74) is 7.62. The number of nitrogens with zero attached hydrogens (tertiary/aromatic N) is 2. The van der Waals surface area contributed by atoms with E-state index in [-0.39, 0.29) is 6.61 Å². The second-order valence-corrected chi connectivity index (χ2v) is 4.97. The molecule has 2 aromatic rings. The van der Waals surface area contributed by atoms with Crippen molar-refractivity contribution in [2.45, 2.75) is 12.5 Å². The number of hydrogen-bond donors (Lipinski definition) is 1. The second-order valence-electron chi connectivity index (χ2n) is 4.97. The van der Waals surface area contributed by atoms with Crippen LogP contribution in [0.2, 0.25) is 0 Å². The summed E-state index contributed by atoms with van der Waals surface area (Å²) in [6, 6.07) is 14.9. The maximum absolute atomic E-state index is 12.2. The molecular weight excluding hydrogens is 308 g/mol. The number of benzene rings is 2. The molecule has 24 heavy (non-hydrogen) atoms. The van der Waals surface area contributed by atoms with E-state index in [1.807, 2.05) is 0 Å². The van der Waals surface area contributed by atoms with Crippen molar-refractivity contribution in [1.29, 1.82) is 0 Å². The monoisotopic (exact) mass is 326 g/mol. The Kier molecular flexibility index (Phi) is 5.47. The molecule has 0 aromatic heterocycles. The fraction of sp³-hybridized carbons (Fsp3) is 0.222. The van der Waals surface area contributed by atoms with Crippen LogP contribution in [0.4, 0.5) is 0 Å². The van der Waals surface area contributed by atoms with Gasteiger partial charge in [0.15, 0.2) is 0 Å². The van der Waals surface area contributed by atoms with Gasteiger partial charge >= 0.3 is 11.7 Å². The van der Waals surface area contributed by atoms with Gasteiger partial charge in [-0.3, -0.25) is 0 Å². The minimum absolute atomic E-state index is 0.0886. The average Bonchev–Trinajstić information content (AvgIpc) is 2.63. The van der Waals surface area contributed by atoms with Crippen molar-refractivity contribution in [3.8, 4) is 5.75 Å². The van der Waals surface area contributed by atoms with Crippen molar-refractivity contribution in [1.82, 2.24) is 0 Å². The van der Waals surface area contributed by atoms with Crippen LogP contribution >= 0.6 is 0 Å². The Hall–Kier alpha value is -2.95. The normalized spacial score (nSPS) is 12.6. The SMILES string of the molecule is CCOC(=O)C(=[N+]=[N-])C(O)(c1ccccc1)c1ccc(OC)cc1. The molecule has 0 saturated carbocycles. The molecule has 0 heterocycles. The molecule has 0 spiro atoms. The predicted molar refractivity (Wildman–Crippen MR) is 87.7 cm³/mol. The number of ether oxygens (including phenoxy) is 2. The summed E-state index contributed by atoms with van der Waals surface area (Å²) in [6.07, 6.45) is 0. The lowest BCUT2D eigenvalue weighted by Crippen LogP contribution is -2.43. The van der Waals surface area contributed by atoms with Gasteiger partial charge in [-0.15, -0.1) is 0 Å². The van der Waals surface area contributed by atoms with Crippen LogP contribution in [0.3, 0.4) is 0 Å². The Morgan fingerprint density at radius 2 is 1.71 bits per heavy atom. The van der Waals surface area contributed by atoms with Gasteiger partial charge in [-0.1, -0.05) is 42.5 Å². The zero-order valence-corrected chi connectivity index (χ0v) is 13.5. The van der Waals surface area contributed by atoms with Crippen molar-refractivity contribution in [2.24, 2.45) is 0 Å². The smallest absolute Gasteiger partial charge is 0.421 e. The van der Waals surface area contributed by atoms with E-state index in [0.717, 1.165) is 0 Å². The summed E-state index contributed by atoms with van der Waals surface area (Å²) in [7, 11) is 1.53. The number of aliphatic hydroxyl groups is 1. The lowest BCUT2D eigenvalue weighted by atomic mass is 9.82. The van der Waals surface area contributed by atoms with Crippen LogP contribution in [0.5, 0.6) is 5.75 Å². The number of esters is 1. The van der Waals surface area contributed by atoms with Gasteiger partial charge in [0.05, 0.1) is 13.7 Å². The zero-order chi connectivity index (χ0) is 17.6. The van der Waals surface area contributed by atoms with Crippen LogP contribution < -0.4 is 4.74 Å². The highest BCUT2D eigenvalue weighted by Crippen LogP contribution is 2.32. The highest BCUT2D eigenvalue weighted by molar-refractivity contribution is 6.37. The number of rotatable bonds is 6. The summed E-state index contributed by atoms with van der Waals surface area (Å²) in [4.78, 5) is 15.2. The molecule has 0 aliphatic carbocycles. The van der Waals surface area contributed by atoms with Gasteiger partial charge in [-0.05, 0) is 19.1 Å². The molecule has 1 atom stereocenters. The van der Waals surface area contributed by atoms with Crippen LogP contribution in [0.1, 0.15) is 18.1 Å². The number of carbonyl (C=O) groups is 1. The maximum Gasteiger partial charge on any atom is 0.421 e. The van der Waals surface area contributed by atoms with E-state index in [9.17, 15) is 15.4 Å². The molecule has 1 N–H and O–H groups in total. The molecule has 0 saturated heterocycles. The number of hydrogen-bond acceptors (Lipinski definition) is 4. The topological polar surface area (TPSA) is 92.2 Å². The van der Waals surface area contributed by atoms with Crippen molar-refractivity contribution in [2.75, 3.05) is 13.7 Å². The van der Waals surface area contributed by atoms with E-state index < -0.39 is 17.3 Å². The van der Waals surface area contributed by atoms with E-state index >= 15 is 0 Å². The van der Waals surface area contributed by atoms with Crippen LogP contribution in [-0.4, -0.2) is 35.3 Å². The molecule has 2 rings (SSSR count). The molecule has 0 fully saturated rings. The lowest BCUT2D eigenvalue weighted by Gasteiger charge is -2.24. The molecule has 6 heteroatoms. The first-order valence-electron chi connectivity index (χ1n) is 7.40. The molecule has 0 bridgehead atoms. The largest absolute Gasteiger partial charge is 0.497 e. The predicted octanol–water partition coefficient (Wildman–Crippen LogP) is 2.17. The summed E-state index contributed by atoms with van der Waals surface area (Å²) in [5, 5.41) is 11.3. The van der Waals surface area contributed by atoms with Gasteiger partial charge in [0, 0.05) is 11.1 Å². The average molecular weight is 326 g/mol. The van der Waals surface area contributed by atoms with E-state index in [2.05, 4.69) is 4.79 Å². The Balaban J connectivity index is 2.65. The first-order valence-corrected chi connectivity index (χ1v) is 7.40. The van der Waals surface area contributed by atoms with E-state index in [1.165, 1.54) is 7.11 Å². The van der Waals surface area contributed by atoms with Crippen molar-refractivity contribution in [3.63, 3.8) is 0 Å². The Morgan fingerprint density at radius 3 is 2.21 bits per heavy atom. The van der Waals surface area contributed by atoms with Gasteiger partial charge in [0.25, 0.3) is 0 Å². The number of methoxy groups -OCH3 is 1. The molecular formula is C18H18N2O4. The van der Waals surface area contributed by atoms with Crippen molar-refractivity contribution >= 4 is 11.7 Å². The van der Waals surface area contributed by atoms with Gasteiger partial charge in [0.1, 0.15) is 5.75 Å². The van der Waals surface area contributed by atoms with E-state index in [0.29, 0.717) is 16.9 Å². The highest BCUT2D eigenvalue weighted by atomic mass is 16.5. The summed E-state index contributed by atoms with van der Waals surface area (Å²) < 4.78 is 10.0. The van der Waals surface area contributed by atoms with Crippen LogP contribution in [0, 0.1) is 0 Å². The van der Waals surface area contributed by atoms with E-state index in [1.54, 1.807) is 61.5 Å². The Labute approximate surface area is 139 Å². The van der Waals surface area contributed by atoms with Crippen LogP contribution in [0.15, 0.2) is 54.6 Å². The first kappa shape index (κ1) is 17.4. The molecule has 6 nitrogen and oxygen atoms in total. The Morgan fingerprint density at radius 1 is 1.12 bits per heavy atom. The summed E-state index contributed by atoms with van der Waals surface area (Å²) in [5.74, 6) is -0.310. The van der Waals surface area contributed by atoms with Gasteiger partial charge in [0.2, 0.25) is 5.60 Å². The minimum Gasteiger partial charge on any atom is -0.497 e. The third kappa shape index (κ3) is 3.20. The van der Waals surface area contributed by atoms with Crippen LogP contribution in [0.25, 0.3) is 5.53 Å². The fourth-order valence-corrected chi connectivity index (χ4v) is 2.41. The van der Waals surface area contributed by atoms with E-state index in [4.69, 9.17) is 9.47 Å². The fourth-order valence-electron chi connectivity index (χ4n) is 2.41. The standard InChI is InChI=1S/C18H18N2O4/c1-3-24-17(21)16(20-19)18(22,13-7-5-4-6-8-13)14-9-11-15(23-2)12-10-14/h4-12,22H,3H2,1-2H3. The first-order chi connectivity index (χ1) is 11.6. The number of carbonyl (C=O) groups excluding carboxylic acids is 1. The molecule has 2 aromatic carbocycles. The van der Waals surface area contributed by atoms with Crippen molar-refractivity contribution in [3.05, 3.63) is 71.3 Å². The second kappa shape index (κ2) is 7.55. The molecule has 0 amide bonds. The minimum atomic E-state index is -1.96. The lowest BCUT2D eigenvalue weighted by molar-refractivity contribution is -0.142. The molecule has 0 aliphatic heterocycles. The highest BCUT2D eigenvalue weighted by Gasteiger charge is 2.49.